The van der Waals surface area contributed by atoms with E-state index in [0.717, 1.165) is 10.7 Å². The smallest absolute Gasteiger partial charge is 0.335 e. The Bertz CT molecular complexity index is 707. The van der Waals surface area contributed by atoms with Crippen LogP contribution in [0.3, 0.4) is 0 Å². The van der Waals surface area contributed by atoms with Crippen molar-refractivity contribution < 1.29 is 14.7 Å². The molecule has 0 fully saturated rings. The fourth-order valence-electron chi connectivity index (χ4n) is 2.09. The van der Waals surface area contributed by atoms with Crippen molar-refractivity contribution in [2.24, 2.45) is 0 Å². The number of rotatable bonds is 5. The van der Waals surface area contributed by atoms with Crippen molar-refractivity contribution in [2.75, 3.05) is 0 Å². The average molecular weight is 318 g/mol. The van der Waals surface area contributed by atoms with Crippen molar-refractivity contribution in [3.8, 4) is 0 Å². The van der Waals surface area contributed by atoms with Crippen LogP contribution in [0.5, 0.6) is 0 Å². The Hall–Kier alpha value is -2.21. The summed E-state index contributed by atoms with van der Waals surface area (Å²) in [4.78, 5) is 27.6. The number of hydrogen-bond acceptors (Lipinski definition) is 4. The van der Waals surface area contributed by atoms with E-state index in [1.807, 2.05) is 26.2 Å². The molecule has 116 valence electrons. The van der Waals surface area contributed by atoms with Crippen molar-refractivity contribution in [3.05, 3.63) is 51.5 Å². The van der Waals surface area contributed by atoms with Gasteiger partial charge in [-0.25, -0.2) is 9.78 Å². The van der Waals surface area contributed by atoms with Gasteiger partial charge < -0.3 is 10.4 Å². The third-order valence-corrected chi connectivity index (χ3v) is 4.43. The maximum atomic E-state index is 12.2. The molecule has 0 unspecified atom stereocenters. The number of nitrogens with one attached hydrogen (secondary N) is 1. The molecular weight excluding hydrogens is 300 g/mol. The number of carboxylic acid groups (broad SMARTS) is 1. The number of carbonyl (C=O) groups is 2. The Kier molecular flexibility index (Phi) is 4.61. The van der Waals surface area contributed by atoms with Gasteiger partial charge in [-0.05, 0) is 38.5 Å². The summed E-state index contributed by atoms with van der Waals surface area (Å²) in [6, 6.07) is 6.41. The monoisotopic (exact) mass is 318 g/mol. The van der Waals surface area contributed by atoms with E-state index in [9.17, 15) is 9.59 Å². The first-order valence-electron chi connectivity index (χ1n) is 6.84. The number of thiazole rings is 1. The van der Waals surface area contributed by atoms with E-state index in [1.54, 1.807) is 12.1 Å². The Morgan fingerprint density at radius 2 is 2.09 bits per heavy atom. The van der Waals surface area contributed by atoms with Crippen molar-refractivity contribution in [2.45, 2.75) is 32.7 Å². The van der Waals surface area contributed by atoms with Crippen molar-refractivity contribution in [3.63, 3.8) is 0 Å². The summed E-state index contributed by atoms with van der Waals surface area (Å²) in [6.07, 6.45) is 0.134. The molecule has 0 saturated carbocycles. The van der Waals surface area contributed by atoms with Crippen molar-refractivity contribution in [1.82, 2.24) is 10.3 Å². The third-order valence-electron chi connectivity index (χ3n) is 3.14. The summed E-state index contributed by atoms with van der Waals surface area (Å²) in [6.45, 7) is 5.71. The van der Waals surface area contributed by atoms with Gasteiger partial charge in [-0.15, -0.1) is 11.3 Å². The lowest BCUT2D eigenvalue weighted by Gasteiger charge is -2.24. The molecule has 1 heterocycles. The minimum Gasteiger partial charge on any atom is -0.478 e. The highest BCUT2D eigenvalue weighted by molar-refractivity contribution is 7.09. The molecule has 0 aliphatic rings. The van der Waals surface area contributed by atoms with Gasteiger partial charge in [-0.1, -0.05) is 12.1 Å². The van der Waals surface area contributed by atoms with Crippen LogP contribution in [0.15, 0.2) is 29.6 Å². The molecule has 5 nitrogen and oxygen atoms in total. The van der Waals surface area contributed by atoms with Crippen LogP contribution in [0.25, 0.3) is 0 Å². The molecule has 0 bridgehead atoms. The first-order valence-corrected chi connectivity index (χ1v) is 7.72. The highest BCUT2D eigenvalue weighted by atomic mass is 32.1. The summed E-state index contributed by atoms with van der Waals surface area (Å²) < 4.78 is 0. The van der Waals surface area contributed by atoms with E-state index in [-0.39, 0.29) is 17.9 Å². The lowest BCUT2D eigenvalue weighted by molar-refractivity contribution is -0.122. The van der Waals surface area contributed by atoms with Gasteiger partial charge in [0.25, 0.3) is 0 Å². The number of aromatic carboxylic acids is 1. The van der Waals surface area contributed by atoms with E-state index in [0.29, 0.717) is 5.56 Å². The minimum absolute atomic E-state index is 0.134. The van der Waals surface area contributed by atoms with E-state index in [1.165, 1.54) is 23.5 Å². The molecule has 2 rings (SSSR count). The molecule has 0 atom stereocenters. The first kappa shape index (κ1) is 16.2. The quantitative estimate of drug-likeness (QED) is 0.888. The summed E-state index contributed by atoms with van der Waals surface area (Å²) in [5, 5.41) is 14.7. The average Bonchev–Trinajstić information content (AvgIpc) is 2.85. The molecule has 0 spiro atoms. The zero-order chi connectivity index (χ0) is 16.3. The number of benzene rings is 1. The molecule has 0 aliphatic heterocycles. The molecule has 1 aromatic carbocycles. The number of hydrogen-bond donors (Lipinski definition) is 2. The van der Waals surface area contributed by atoms with Gasteiger partial charge in [0.15, 0.2) is 0 Å². The number of aryl methyl sites for hydroxylation is 1. The first-order chi connectivity index (χ1) is 10.3. The number of aromatic nitrogens is 1. The molecule has 1 aromatic heterocycles. The molecule has 0 radical (unpaired) electrons. The summed E-state index contributed by atoms with van der Waals surface area (Å²) >= 11 is 1.51. The topological polar surface area (TPSA) is 79.3 Å². The van der Waals surface area contributed by atoms with Crippen molar-refractivity contribution in [1.29, 1.82) is 0 Å². The van der Waals surface area contributed by atoms with Gasteiger partial charge in [0.2, 0.25) is 5.91 Å². The number of carbonyl (C=O) groups excluding carboxylic acids is 1. The van der Waals surface area contributed by atoms with Gasteiger partial charge in [0, 0.05) is 11.1 Å². The maximum Gasteiger partial charge on any atom is 0.335 e. The normalized spacial score (nSPS) is 11.2. The second kappa shape index (κ2) is 6.27. The molecule has 22 heavy (non-hydrogen) atoms. The van der Waals surface area contributed by atoms with E-state index in [4.69, 9.17) is 5.11 Å². The Morgan fingerprint density at radius 3 is 2.68 bits per heavy atom. The minimum atomic E-state index is -0.999. The third kappa shape index (κ3) is 3.92. The standard InChI is InChI=1S/C16H18N2O3S/c1-10-9-22-15(17-10)16(2,3)18-13(19)8-11-5-4-6-12(7-11)14(20)21/h4-7,9H,8H2,1-3H3,(H,18,19)(H,20,21). The molecule has 2 N–H and O–H groups in total. The zero-order valence-corrected chi connectivity index (χ0v) is 13.5. The lowest BCUT2D eigenvalue weighted by Crippen LogP contribution is -2.41. The van der Waals surface area contributed by atoms with Crippen LogP contribution < -0.4 is 5.32 Å². The molecule has 1 amide bonds. The van der Waals surface area contributed by atoms with Crippen LogP contribution in [-0.2, 0) is 16.8 Å². The second-order valence-corrected chi connectivity index (χ2v) is 6.51. The highest BCUT2D eigenvalue weighted by Crippen LogP contribution is 2.23. The van der Waals surface area contributed by atoms with Crippen LogP contribution in [0.1, 0.15) is 40.5 Å². The fourth-order valence-corrected chi connectivity index (χ4v) is 2.96. The van der Waals surface area contributed by atoms with E-state index < -0.39 is 11.5 Å². The van der Waals surface area contributed by atoms with Gasteiger partial charge in [0.1, 0.15) is 5.01 Å². The molecular formula is C16H18N2O3S. The predicted molar refractivity (Wildman–Crippen MR) is 85.1 cm³/mol. The van der Waals surface area contributed by atoms with Gasteiger partial charge in [-0.3, -0.25) is 4.79 Å². The zero-order valence-electron chi connectivity index (χ0n) is 12.7. The Labute approximate surface area is 133 Å². The van der Waals surface area contributed by atoms with Crippen LogP contribution in [0.4, 0.5) is 0 Å². The van der Waals surface area contributed by atoms with Gasteiger partial charge >= 0.3 is 5.97 Å². The molecule has 0 aliphatic carbocycles. The second-order valence-electron chi connectivity index (χ2n) is 5.65. The molecule has 6 heteroatoms. The molecule has 2 aromatic rings. The van der Waals surface area contributed by atoms with E-state index in [2.05, 4.69) is 10.3 Å². The van der Waals surface area contributed by atoms with Crippen molar-refractivity contribution >= 4 is 23.2 Å². The summed E-state index contributed by atoms with van der Waals surface area (Å²) in [5.74, 6) is -1.17. The van der Waals surface area contributed by atoms with Gasteiger partial charge in [0.05, 0.1) is 17.5 Å². The van der Waals surface area contributed by atoms with Crippen LogP contribution in [-0.4, -0.2) is 22.0 Å². The fraction of sp³-hybridized carbons (Fsp3) is 0.312. The Morgan fingerprint density at radius 1 is 1.36 bits per heavy atom. The van der Waals surface area contributed by atoms with Crippen LogP contribution in [0, 0.1) is 6.92 Å². The number of carboxylic acids is 1. The largest absolute Gasteiger partial charge is 0.478 e. The predicted octanol–water partition coefficient (Wildman–Crippen LogP) is 2.74. The summed E-state index contributed by atoms with van der Waals surface area (Å²) in [5.41, 5.74) is 1.22. The van der Waals surface area contributed by atoms with Crippen LogP contribution in [0.2, 0.25) is 0 Å². The Balaban J connectivity index is 2.06. The number of nitrogens with zero attached hydrogens (tertiary/aromatic N) is 1. The molecule has 0 saturated heterocycles. The van der Waals surface area contributed by atoms with E-state index >= 15 is 0 Å². The SMILES string of the molecule is Cc1csc(C(C)(C)NC(=O)Cc2cccc(C(=O)O)c2)n1. The van der Waals surface area contributed by atoms with Gasteiger partial charge in [-0.2, -0.15) is 0 Å². The van der Waals surface area contributed by atoms with Crippen LogP contribution >= 0.6 is 11.3 Å². The lowest BCUT2D eigenvalue weighted by atomic mass is 10.0. The highest BCUT2D eigenvalue weighted by Gasteiger charge is 2.26. The number of amides is 1. The summed E-state index contributed by atoms with van der Waals surface area (Å²) in [7, 11) is 0. The maximum absolute atomic E-state index is 12.2.